The van der Waals surface area contributed by atoms with Gasteiger partial charge in [-0.25, -0.2) is 0 Å². The van der Waals surface area contributed by atoms with E-state index in [9.17, 15) is 0 Å². The topological polar surface area (TPSA) is 0 Å². The normalized spacial score (nSPS) is 11.8. The van der Waals surface area contributed by atoms with Crippen LogP contribution in [0.4, 0.5) is 0 Å². The fourth-order valence-electron chi connectivity index (χ4n) is 2.41. The van der Waals surface area contributed by atoms with E-state index in [-0.39, 0.29) is 0 Å². The number of hydrogen-bond donors (Lipinski definition) is 0. The Kier molecular flexibility index (Phi) is 4.68. The Morgan fingerprint density at radius 1 is 0.722 bits per heavy atom. The van der Waals surface area contributed by atoms with Gasteiger partial charge in [0.2, 0.25) is 0 Å². The zero-order valence-corrected chi connectivity index (χ0v) is 15.6. The molecule has 0 bridgehead atoms. The summed E-state index contributed by atoms with van der Waals surface area (Å²) in [5, 5.41) is 3.21. The molecule has 0 radical (unpaired) electrons. The van der Waals surface area contributed by atoms with Crippen LogP contribution in [0, 0.1) is 0 Å². The number of hydrogen-bond acceptors (Lipinski definition) is 0. The van der Waals surface area contributed by atoms with Crippen molar-refractivity contribution >= 4 is 37.5 Å². The summed E-state index contributed by atoms with van der Waals surface area (Å²) in [6.45, 7) is 0. The first kappa shape index (κ1) is 13.9. The minimum atomic E-state index is -1.75. The Balaban J connectivity index is 2.36. The zero-order chi connectivity index (χ0) is 13.0. The molecular weight excluding hydrogens is 339 g/mol. The quantitative estimate of drug-likeness (QED) is 0.735. The van der Waals surface area contributed by atoms with Crippen molar-refractivity contribution in [3.05, 3.63) is 60.7 Å². The van der Waals surface area contributed by atoms with Gasteiger partial charge in [0.15, 0.2) is 0 Å². The third kappa shape index (κ3) is 3.99. The second-order valence-corrected chi connectivity index (χ2v) is 27.1. The summed E-state index contributed by atoms with van der Waals surface area (Å²) in [4.78, 5) is 7.67. The van der Waals surface area contributed by atoms with Crippen LogP contribution in [0.25, 0.3) is 0 Å². The average molecular weight is 361 g/mol. The summed E-state index contributed by atoms with van der Waals surface area (Å²) in [7, 11) is -0.982. The van der Waals surface area contributed by atoms with Gasteiger partial charge in [-0.05, 0) is 0 Å². The monoisotopic (exact) mass is 362 g/mol. The summed E-state index contributed by atoms with van der Waals surface area (Å²) in [6, 6.07) is 22.4. The molecule has 2 heteroatoms. The van der Waals surface area contributed by atoms with E-state index in [1.54, 1.807) is 10.4 Å². The van der Waals surface area contributed by atoms with Crippen LogP contribution in [0.3, 0.4) is 0 Å². The molecule has 2 aromatic carbocycles. The molecular formula is C16H22SiSn. The van der Waals surface area contributed by atoms with Gasteiger partial charge < -0.3 is 0 Å². The number of rotatable bonds is 4. The van der Waals surface area contributed by atoms with Crippen LogP contribution in [-0.2, 0) is 0 Å². The predicted molar refractivity (Wildman–Crippen MR) is 87.5 cm³/mol. The van der Waals surface area contributed by atoms with Crippen LogP contribution in [0.15, 0.2) is 60.7 Å². The van der Waals surface area contributed by atoms with Gasteiger partial charge in [-0.15, -0.1) is 0 Å². The van der Waals surface area contributed by atoms with Gasteiger partial charge in [-0.3, -0.25) is 0 Å². The molecule has 0 amide bonds. The first-order valence-electron chi connectivity index (χ1n) is 6.66. The van der Waals surface area contributed by atoms with Crippen molar-refractivity contribution in [2.45, 2.75) is 18.9 Å². The zero-order valence-electron chi connectivity index (χ0n) is 11.6. The van der Waals surface area contributed by atoms with Crippen molar-refractivity contribution in [1.82, 2.24) is 0 Å². The molecule has 0 heterocycles. The van der Waals surface area contributed by atoms with Gasteiger partial charge in [-0.1, -0.05) is 0 Å². The van der Waals surface area contributed by atoms with Gasteiger partial charge in [0.25, 0.3) is 0 Å². The average Bonchev–Trinajstić information content (AvgIpc) is 2.37. The molecule has 0 fully saturated rings. The third-order valence-corrected chi connectivity index (χ3v) is 21.2. The van der Waals surface area contributed by atoms with E-state index in [0.717, 1.165) is 0 Å². The standard InChI is InChI=1S/C13H13Si.3CH3.Sn/c1-14(12-8-4-2-5-9-12)13-10-6-3-7-11-13;;;;/h2-11,14H,1H2;3*1H3;. The summed E-state index contributed by atoms with van der Waals surface area (Å²) < 4.78 is 1.52. The van der Waals surface area contributed by atoms with Crippen LogP contribution in [-0.4, -0.2) is 27.2 Å². The molecule has 94 valence electrons. The van der Waals surface area contributed by atoms with Crippen molar-refractivity contribution < 1.29 is 0 Å². The van der Waals surface area contributed by atoms with E-state index in [1.807, 2.05) is 0 Å². The maximum atomic E-state index is 2.56. The van der Waals surface area contributed by atoms with Gasteiger partial charge in [0.05, 0.1) is 0 Å². The molecule has 0 N–H and O–H groups in total. The first-order chi connectivity index (χ1) is 8.56. The number of benzene rings is 2. The summed E-state index contributed by atoms with van der Waals surface area (Å²) in [5.41, 5.74) is 0. The summed E-state index contributed by atoms with van der Waals surface area (Å²) >= 11 is -1.75. The van der Waals surface area contributed by atoms with Crippen LogP contribution >= 0.6 is 0 Å². The molecule has 0 atom stereocenters. The van der Waals surface area contributed by atoms with Crippen molar-refractivity contribution in [2.75, 3.05) is 0 Å². The predicted octanol–water partition coefficient (Wildman–Crippen LogP) is 2.91. The van der Waals surface area contributed by atoms with E-state index in [2.05, 4.69) is 75.5 Å². The molecule has 18 heavy (non-hydrogen) atoms. The molecule has 2 aromatic rings. The fourth-order valence-corrected chi connectivity index (χ4v) is 20.4. The molecule has 0 nitrogen and oxygen atoms in total. The van der Waals surface area contributed by atoms with Gasteiger partial charge in [-0.2, -0.15) is 0 Å². The van der Waals surface area contributed by atoms with Crippen LogP contribution < -0.4 is 10.4 Å². The van der Waals surface area contributed by atoms with E-state index < -0.39 is 27.2 Å². The van der Waals surface area contributed by atoms with Gasteiger partial charge in [0.1, 0.15) is 0 Å². The fraction of sp³-hybridized carbons (Fsp3) is 0.250. The van der Waals surface area contributed by atoms with Gasteiger partial charge in [0, 0.05) is 0 Å². The Labute approximate surface area is 117 Å². The van der Waals surface area contributed by atoms with Crippen LogP contribution in [0.1, 0.15) is 0 Å². The molecule has 0 unspecified atom stereocenters. The van der Waals surface area contributed by atoms with E-state index in [1.165, 1.54) is 4.06 Å². The van der Waals surface area contributed by atoms with Gasteiger partial charge >= 0.3 is 117 Å². The SMILES string of the molecule is [CH3][Sn]([CH3])([CH3])[CH2][SiH](c1ccccc1)c1ccccc1. The molecule has 0 aliphatic heterocycles. The minimum absolute atomic E-state index is 0.982. The van der Waals surface area contributed by atoms with Crippen LogP contribution in [0.5, 0.6) is 0 Å². The van der Waals surface area contributed by atoms with E-state index in [4.69, 9.17) is 0 Å². The third-order valence-electron chi connectivity index (χ3n) is 3.22. The molecule has 0 saturated carbocycles. The maximum absolute atomic E-state index is 2.56. The molecule has 0 aromatic heterocycles. The Bertz CT molecular complexity index is 434. The van der Waals surface area contributed by atoms with Crippen molar-refractivity contribution in [2.24, 2.45) is 0 Å². The van der Waals surface area contributed by atoms with Crippen molar-refractivity contribution in [3.63, 3.8) is 0 Å². The molecule has 0 spiro atoms. The Morgan fingerprint density at radius 3 is 1.44 bits per heavy atom. The van der Waals surface area contributed by atoms with Crippen molar-refractivity contribution in [1.29, 1.82) is 0 Å². The first-order valence-corrected chi connectivity index (χ1v) is 19.2. The second kappa shape index (κ2) is 6.07. The Morgan fingerprint density at radius 2 is 1.11 bits per heavy atom. The molecule has 0 aliphatic carbocycles. The summed E-state index contributed by atoms with van der Waals surface area (Å²) in [6.07, 6.45) is 0. The summed E-state index contributed by atoms with van der Waals surface area (Å²) in [5.74, 6) is 0. The second-order valence-electron chi connectivity index (χ2n) is 6.14. The van der Waals surface area contributed by atoms with Crippen LogP contribution in [0.2, 0.25) is 18.9 Å². The molecule has 2 rings (SSSR count). The van der Waals surface area contributed by atoms with E-state index in [0.29, 0.717) is 0 Å². The van der Waals surface area contributed by atoms with Crippen molar-refractivity contribution in [3.8, 4) is 0 Å². The van der Waals surface area contributed by atoms with E-state index >= 15 is 0 Å². The molecule has 0 saturated heterocycles. The molecule has 0 aliphatic rings. The Hall–Kier alpha value is -0.544.